The number of hydrogen-bond donors (Lipinski definition) is 1. The molecule has 2 aromatic heterocycles. The number of halogens is 1. The fourth-order valence-electron chi connectivity index (χ4n) is 7.38. The molecule has 6 aromatic carbocycles. The first-order valence-electron chi connectivity index (χ1n) is 18.6. The van der Waals surface area contributed by atoms with Crippen LogP contribution in [-0.2, 0) is 19.6 Å². The summed E-state index contributed by atoms with van der Waals surface area (Å²) in [5.41, 5.74) is 8.92. The Labute approximate surface area is 325 Å². The number of aromatic nitrogens is 6. The van der Waals surface area contributed by atoms with Crippen LogP contribution < -0.4 is 4.74 Å². The summed E-state index contributed by atoms with van der Waals surface area (Å²) < 4.78 is 7.53. The van der Waals surface area contributed by atoms with Gasteiger partial charge in [0.1, 0.15) is 17.6 Å². The maximum Gasteiger partial charge on any atom is 0.205 e. The second kappa shape index (κ2) is 16.1. The van der Waals surface area contributed by atoms with Gasteiger partial charge in [0.15, 0.2) is 5.15 Å². The molecule has 0 saturated heterocycles. The van der Waals surface area contributed by atoms with Gasteiger partial charge in [0.2, 0.25) is 5.82 Å². The Balaban J connectivity index is 1.18. The van der Waals surface area contributed by atoms with Gasteiger partial charge in [0.25, 0.3) is 0 Å². The van der Waals surface area contributed by atoms with Gasteiger partial charge < -0.3 is 14.4 Å². The number of methoxy groups -OCH3 is 1. The van der Waals surface area contributed by atoms with E-state index in [1.54, 1.807) is 11.9 Å². The van der Waals surface area contributed by atoms with Crippen LogP contribution in [0.15, 0.2) is 140 Å². The first kappa shape index (κ1) is 35.9. The van der Waals surface area contributed by atoms with E-state index in [4.69, 9.17) is 31.7 Å². The van der Waals surface area contributed by atoms with Crippen molar-refractivity contribution in [1.29, 1.82) is 0 Å². The van der Waals surface area contributed by atoms with Crippen molar-refractivity contribution in [2.75, 3.05) is 7.11 Å². The van der Waals surface area contributed by atoms with Crippen molar-refractivity contribution < 1.29 is 9.84 Å². The molecule has 9 heteroatoms. The van der Waals surface area contributed by atoms with Crippen molar-refractivity contribution in [3.05, 3.63) is 173 Å². The number of aryl methyl sites for hydroxylation is 1. The number of unbranched alkanes of at least 4 members (excludes halogenated alkanes) is 1. The molecule has 0 saturated carbocycles. The average Bonchev–Trinajstić information content (AvgIpc) is 3.84. The zero-order valence-electron chi connectivity index (χ0n) is 30.8. The van der Waals surface area contributed by atoms with Crippen LogP contribution in [-0.4, -0.2) is 42.0 Å². The van der Waals surface area contributed by atoms with Crippen LogP contribution in [0.1, 0.15) is 54.0 Å². The second-order valence-corrected chi connectivity index (χ2v) is 13.9. The highest BCUT2D eigenvalue weighted by Crippen LogP contribution is 2.40. The molecule has 0 spiro atoms. The van der Waals surface area contributed by atoms with E-state index in [1.807, 2.05) is 41.0 Å². The van der Waals surface area contributed by atoms with Gasteiger partial charge in [-0.3, -0.25) is 0 Å². The minimum atomic E-state index is -0.375. The summed E-state index contributed by atoms with van der Waals surface area (Å²) in [4.78, 5) is 6.32. The van der Waals surface area contributed by atoms with E-state index in [0.717, 1.165) is 86.1 Å². The Morgan fingerprint density at radius 3 is 2.18 bits per heavy atom. The highest BCUT2D eigenvalue weighted by atomic mass is 35.5. The molecule has 2 heterocycles. The van der Waals surface area contributed by atoms with Crippen molar-refractivity contribution in [2.24, 2.45) is 0 Å². The fraction of sp³-hybridized carbons (Fsp3) is 0.174. The predicted octanol–water partition coefficient (Wildman–Crippen LogP) is 10.2. The highest BCUT2D eigenvalue weighted by molar-refractivity contribution is 6.30. The van der Waals surface area contributed by atoms with Gasteiger partial charge in [-0.25, -0.2) is 4.98 Å². The molecule has 0 fully saturated rings. The van der Waals surface area contributed by atoms with Crippen LogP contribution >= 0.6 is 11.6 Å². The standard InChI is InChI=1S/C46H41ClN6O2/c1-3-4-18-42-48-45(47)41(30-54)52(42)29-31-19-21-33(22-20-31)37-15-10-11-17-40(37)46-49-51-53(50-46)44(35-13-6-5-7-14-35)43-38-16-9-8-12-32(38)25-28-39(43)34-23-26-36(55-2)27-24-34/h5-17,19-28,44,54H,3-4,18,29-30H2,1-2H3. The maximum absolute atomic E-state index is 10.1. The molecule has 0 radical (unpaired) electrons. The number of rotatable bonds is 13. The maximum atomic E-state index is 10.1. The fourth-order valence-corrected chi connectivity index (χ4v) is 7.64. The normalized spacial score (nSPS) is 11.9. The largest absolute Gasteiger partial charge is 0.497 e. The molecular formula is C46H41ClN6O2. The number of aliphatic hydroxyl groups is 1. The number of tetrazole rings is 1. The van der Waals surface area contributed by atoms with Gasteiger partial charge in [-0.05, 0) is 73.5 Å². The summed E-state index contributed by atoms with van der Waals surface area (Å²) in [5, 5.41) is 27.3. The smallest absolute Gasteiger partial charge is 0.205 e. The van der Waals surface area contributed by atoms with Gasteiger partial charge in [-0.15, -0.1) is 10.2 Å². The minimum Gasteiger partial charge on any atom is -0.497 e. The molecule has 1 unspecified atom stereocenters. The first-order chi connectivity index (χ1) is 27.1. The first-order valence-corrected chi connectivity index (χ1v) is 19.0. The van der Waals surface area contributed by atoms with E-state index in [2.05, 4.69) is 115 Å². The highest BCUT2D eigenvalue weighted by Gasteiger charge is 2.26. The third kappa shape index (κ3) is 7.26. The summed E-state index contributed by atoms with van der Waals surface area (Å²) >= 11 is 6.42. The minimum absolute atomic E-state index is 0.161. The van der Waals surface area contributed by atoms with Gasteiger partial charge in [0.05, 0.1) is 19.4 Å². The molecule has 0 aliphatic carbocycles. The number of hydrogen-bond acceptors (Lipinski definition) is 6. The summed E-state index contributed by atoms with van der Waals surface area (Å²) in [6.45, 7) is 2.56. The number of ether oxygens (including phenoxy) is 1. The van der Waals surface area contributed by atoms with E-state index in [0.29, 0.717) is 23.2 Å². The SMILES string of the molecule is CCCCc1nc(Cl)c(CO)n1Cc1ccc(-c2ccccc2-c2nnn(C(c3ccccc3)c3c(-c4ccc(OC)cc4)ccc4ccccc34)n2)cc1. The lowest BCUT2D eigenvalue weighted by atomic mass is 9.87. The van der Waals surface area contributed by atoms with E-state index in [9.17, 15) is 5.11 Å². The van der Waals surface area contributed by atoms with Crippen LogP contribution in [0.25, 0.3) is 44.4 Å². The Morgan fingerprint density at radius 1 is 0.745 bits per heavy atom. The zero-order valence-corrected chi connectivity index (χ0v) is 31.6. The molecule has 8 nitrogen and oxygen atoms in total. The third-order valence-electron chi connectivity index (χ3n) is 10.2. The molecule has 8 rings (SSSR count). The molecular weight excluding hydrogens is 704 g/mol. The predicted molar refractivity (Wildman–Crippen MR) is 219 cm³/mol. The number of aliphatic hydroxyl groups excluding tert-OH is 1. The monoisotopic (exact) mass is 744 g/mol. The summed E-state index contributed by atoms with van der Waals surface area (Å²) in [5.74, 6) is 2.23. The van der Waals surface area contributed by atoms with Gasteiger partial charge >= 0.3 is 0 Å². The van der Waals surface area contributed by atoms with Gasteiger partial charge in [0, 0.05) is 18.5 Å². The van der Waals surface area contributed by atoms with Gasteiger partial charge in [-0.2, -0.15) is 4.80 Å². The van der Waals surface area contributed by atoms with Crippen LogP contribution in [0, 0.1) is 0 Å². The third-order valence-corrected chi connectivity index (χ3v) is 10.5. The molecule has 0 aliphatic heterocycles. The summed E-state index contributed by atoms with van der Waals surface area (Å²) in [7, 11) is 1.68. The van der Waals surface area contributed by atoms with Crippen molar-refractivity contribution in [1.82, 2.24) is 29.8 Å². The van der Waals surface area contributed by atoms with E-state index >= 15 is 0 Å². The number of fused-ring (bicyclic) bond motifs is 1. The van der Waals surface area contributed by atoms with E-state index < -0.39 is 0 Å². The molecule has 0 aliphatic rings. The number of nitrogens with zero attached hydrogens (tertiary/aromatic N) is 6. The number of imidazole rings is 1. The van der Waals surface area contributed by atoms with Crippen LogP contribution in [0.2, 0.25) is 5.15 Å². The average molecular weight is 745 g/mol. The molecule has 8 aromatic rings. The zero-order chi connectivity index (χ0) is 37.7. The molecule has 0 amide bonds. The lowest BCUT2D eigenvalue weighted by molar-refractivity contribution is 0.271. The van der Waals surface area contributed by atoms with E-state index in [1.165, 1.54) is 0 Å². The topological polar surface area (TPSA) is 90.9 Å². The Bertz CT molecular complexity index is 2550. The lowest BCUT2D eigenvalue weighted by Crippen LogP contribution is -2.17. The summed E-state index contributed by atoms with van der Waals surface area (Å²) in [6.07, 6.45) is 2.87. The van der Waals surface area contributed by atoms with E-state index in [-0.39, 0.29) is 12.6 Å². The van der Waals surface area contributed by atoms with Crippen LogP contribution in [0.3, 0.4) is 0 Å². The van der Waals surface area contributed by atoms with Crippen molar-refractivity contribution in [3.8, 4) is 39.4 Å². The quantitative estimate of drug-likeness (QED) is 0.126. The molecule has 55 heavy (non-hydrogen) atoms. The molecule has 274 valence electrons. The van der Waals surface area contributed by atoms with Crippen LogP contribution in [0.5, 0.6) is 5.75 Å². The van der Waals surface area contributed by atoms with Crippen molar-refractivity contribution in [2.45, 2.75) is 45.4 Å². The molecule has 0 bridgehead atoms. The van der Waals surface area contributed by atoms with Crippen molar-refractivity contribution in [3.63, 3.8) is 0 Å². The Hall–Kier alpha value is -6.09. The van der Waals surface area contributed by atoms with Gasteiger partial charge in [-0.1, -0.05) is 152 Å². The molecule has 1 atom stereocenters. The second-order valence-electron chi connectivity index (χ2n) is 13.6. The van der Waals surface area contributed by atoms with Crippen LogP contribution in [0.4, 0.5) is 0 Å². The Morgan fingerprint density at radius 2 is 1.44 bits per heavy atom. The molecule has 1 N–H and O–H groups in total. The van der Waals surface area contributed by atoms with Crippen molar-refractivity contribution >= 4 is 22.4 Å². The number of benzene rings is 6. The lowest BCUT2D eigenvalue weighted by Gasteiger charge is -2.22. The Kier molecular flexibility index (Phi) is 10.5. The summed E-state index contributed by atoms with van der Waals surface area (Å²) in [6, 6.07) is 47.6.